The minimum absolute atomic E-state index is 0.147. The minimum Gasteiger partial charge on any atom is -0.497 e. The van der Waals surface area contributed by atoms with Crippen molar-refractivity contribution >= 4 is 17.5 Å². The predicted molar refractivity (Wildman–Crippen MR) is 110 cm³/mol. The third-order valence-electron chi connectivity index (χ3n) is 4.22. The lowest BCUT2D eigenvalue weighted by molar-refractivity contribution is -0.862. The number of carbonyl (C=O) groups excluding carboxylic acids is 2. The van der Waals surface area contributed by atoms with Gasteiger partial charge in [0.05, 0.1) is 28.4 Å². The van der Waals surface area contributed by atoms with Crippen LogP contribution in [0.3, 0.4) is 0 Å². The zero-order chi connectivity index (χ0) is 21.2. The van der Waals surface area contributed by atoms with Gasteiger partial charge in [-0.2, -0.15) is 0 Å². The molecule has 0 aliphatic carbocycles. The SMILES string of the molecule is COc1cccc(NC(=O)C[NH+](C)CC(=O)NCc2ccc(OC)c(OC)c2)c1. The van der Waals surface area contributed by atoms with Crippen LogP contribution in [-0.2, 0) is 16.1 Å². The Morgan fingerprint density at radius 3 is 2.31 bits per heavy atom. The number of nitrogens with one attached hydrogen (secondary N) is 3. The summed E-state index contributed by atoms with van der Waals surface area (Å²) in [6, 6.07) is 12.6. The van der Waals surface area contributed by atoms with E-state index in [9.17, 15) is 9.59 Å². The number of methoxy groups -OCH3 is 3. The summed E-state index contributed by atoms with van der Waals surface area (Å²) < 4.78 is 15.6. The van der Waals surface area contributed by atoms with Gasteiger partial charge in [-0.25, -0.2) is 0 Å². The molecule has 3 N–H and O–H groups in total. The summed E-state index contributed by atoms with van der Waals surface area (Å²) in [4.78, 5) is 25.1. The first-order valence-electron chi connectivity index (χ1n) is 9.18. The van der Waals surface area contributed by atoms with Gasteiger partial charge in [0.1, 0.15) is 5.75 Å². The number of hydrogen-bond acceptors (Lipinski definition) is 5. The zero-order valence-electron chi connectivity index (χ0n) is 17.2. The molecule has 8 heteroatoms. The number of ether oxygens (including phenoxy) is 3. The number of hydrogen-bond donors (Lipinski definition) is 3. The van der Waals surface area contributed by atoms with E-state index in [1.165, 1.54) is 0 Å². The number of carbonyl (C=O) groups is 2. The summed E-state index contributed by atoms with van der Waals surface area (Å²) in [6.45, 7) is 0.711. The molecular formula is C21H28N3O5+. The molecule has 8 nitrogen and oxygen atoms in total. The van der Waals surface area contributed by atoms with E-state index in [0.717, 1.165) is 10.5 Å². The third-order valence-corrected chi connectivity index (χ3v) is 4.22. The Kier molecular flexibility index (Phi) is 8.29. The van der Waals surface area contributed by atoms with E-state index in [0.29, 0.717) is 29.5 Å². The Balaban J connectivity index is 1.79. The van der Waals surface area contributed by atoms with Gasteiger partial charge in [-0.3, -0.25) is 9.59 Å². The molecule has 0 saturated heterocycles. The summed E-state index contributed by atoms with van der Waals surface area (Å²) in [6.07, 6.45) is 0. The van der Waals surface area contributed by atoms with Gasteiger partial charge >= 0.3 is 0 Å². The second kappa shape index (κ2) is 10.9. The van der Waals surface area contributed by atoms with Gasteiger partial charge in [0.15, 0.2) is 24.6 Å². The van der Waals surface area contributed by atoms with Gasteiger partial charge < -0.3 is 29.7 Å². The maximum absolute atomic E-state index is 12.2. The molecule has 0 aliphatic rings. The molecule has 0 aromatic heterocycles. The molecule has 156 valence electrons. The number of rotatable bonds is 10. The van der Waals surface area contributed by atoms with Crippen molar-refractivity contribution in [2.24, 2.45) is 0 Å². The zero-order valence-corrected chi connectivity index (χ0v) is 17.2. The van der Waals surface area contributed by atoms with E-state index in [1.54, 1.807) is 58.7 Å². The van der Waals surface area contributed by atoms with Crippen molar-refractivity contribution in [2.45, 2.75) is 6.54 Å². The molecule has 2 amide bonds. The fourth-order valence-electron chi connectivity index (χ4n) is 2.77. The molecule has 0 heterocycles. The van der Waals surface area contributed by atoms with Crippen LogP contribution >= 0.6 is 0 Å². The van der Waals surface area contributed by atoms with Crippen molar-refractivity contribution in [1.29, 1.82) is 0 Å². The second-order valence-electron chi connectivity index (χ2n) is 6.56. The topological polar surface area (TPSA) is 90.3 Å². The van der Waals surface area contributed by atoms with E-state index < -0.39 is 0 Å². The van der Waals surface area contributed by atoms with E-state index in [1.807, 2.05) is 12.1 Å². The van der Waals surface area contributed by atoms with Gasteiger partial charge in [-0.05, 0) is 29.8 Å². The summed E-state index contributed by atoms with van der Waals surface area (Å²) >= 11 is 0. The molecule has 0 radical (unpaired) electrons. The summed E-state index contributed by atoms with van der Waals surface area (Å²) in [5, 5.41) is 5.66. The molecule has 2 rings (SSSR count). The van der Waals surface area contributed by atoms with Crippen LogP contribution in [0.15, 0.2) is 42.5 Å². The Morgan fingerprint density at radius 1 is 0.897 bits per heavy atom. The molecule has 2 aromatic rings. The van der Waals surface area contributed by atoms with Crippen LogP contribution in [0.5, 0.6) is 17.2 Å². The lowest BCUT2D eigenvalue weighted by atomic mass is 10.2. The first-order chi connectivity index (χ1) is 13.9. The standard InChI is InChI=1S/C21H27N3O5/c1-24(14-21(26)23-16-6-5-7-17(11-16)27-2)13-20(25)22-12-15-8-9-18(28-3)19(10-15)29-4/h5-11H,12-14H2,1-4H3,(H,22,25)(H,23,26)/p+1. The van der Waals surface area contributed by atoms with Gasteiger partial charge in [0.2, 0.25) is 0 Å². The van der Waals surface area contributed by atoms with Gasteiger partial charge in [0.25, 0.3) is 11.8 Å². The summed E-state index contributed by atoms with van der Waals surface area (Å²) in [5.74, 6) is 1.58. The fourth-order valence-corrected chi connectivity index (χ4v) is 2.77. The lowest BCUT2D eigenvalue weighted by Crippen LogP contribution is -3.11. The van der Waals surface area contributed by atoms with Crippen LogP contribution in [0.4, 0.5) is 5.69 Å². The number of amides is 2. The average molecular weight is 402 g/mol. The van der Waals surface area contributed by atoms with E-state index in [-0.39, 0.29) is 24.9 Å². The molecule has 0 aliphatic heterocycles. The Bertz CT molecular complexity index is 841. The number of anilines is 1. The highest BCUT2D eigenvalue weighted by Crippen LogP contribution is 2.27. The van der Waals surface area contributed by atoms with Crippen molar-refractivity contribution in [3.8, 4) is 17.2 Å². The number of likely N-dealkylation sites (N-methyl/N-ethyl adjacent to an activating group) is 1. The molecular weight excluding hydrogens is 374 g/mol. The van der Waals surface area contributed by atoms with Crippen LogP contribution in [-0.4, -0.2) is 53.3 Å². The highest BCUT2D eigenvalue weighted by atomic mass is 16.5. The minimum atomic E-state index is -0.177. The lowest BCUT2D eigenvalue weighted by Gasteiger charge is -2.14. The van der Waals surface area contributed by atoms with Crippen molar-refractivity contribution in [3.05, 3.63) is 48.0 Å². The average Bonchev–Trinajstić information content (AvgIpc) is 2.71. The van der Waals surface area contributed by atoms with Crippen molar-refractivity contribution < 1.29 is 28.7 Å². The molecule has 1 unspecified atom stereocenters. The second-order valence-corrected chi connectivity index (χ2v) is 6.56. The monoisotopic (exact) mass is 402 g/mol. The molecule has 0 spiro atoms. The Labute approximate surface area is 170 Å². The number of quaternary nitrogens is 1. The Hall–Kier alpha value is -3.26. The maximum atomic E-state index is 12.2. The quantitative estimate of drug-likeness (QED) is 0.538. The van der Waals surface area contributed by atoms with Crippen molar-refractivity contribution in [1.82, 2.24) is 5.32 Å². The molecule has 0 bridgehead atoms. The van der Waals surface area contributed by atoms with E-state index in [2.05, 4.69) is 10.6 Å². The molecule has 1 atom stereocenters. The fraction of sp³-hybridized carbons (Fsp3) is 0.333. The summed E-state index contributed by atoms with van der Waals surface area (Å²) in [5.41, 5.74) is 1.55. The Morgan fingerprint density at radius 2 is 1.62 bits per heavy atom. The van der Waals surface area contributed by atoms with Crippen molar-refractivity contribution in [2.75, 3.05) is 46.8 Å². The normalized spacial score (nSPS) is 11.3. The maximum Gasteiger partial charge on any atom is 0.279 e. The highest BCUT2D eigenvalue weighted by Gasteiger charge is 2.15. The molecule has 0 fully saturated rings. The van der Waals surface area contributed by atoms with Gasteiger partial charge in [-0.1, -0.05) is 12.1 Å². The van der Waals surface area contributed by atoms with E-state index in [4.69, 9.17) is 14.2 Å². The first kappa shape index (κ1) is 22.0. The van der Waals surface area contributed by atoms with Crippen LogP contribution in [0.2, 0.25) is 0 Å². The van der Waals surface area contributed by atoms with Crippen LogP contribution in [0, 0.1) is 0 Å². The smallest absolute Gasteiger partial charge is 0.279 e. The number of benzene rings is 2. The van der Waals surface area contributed by atoms with Gasteiger partial charge in [-0.15, -0.1) is 0 Å². The van der Waals surface area contributed by atoms with Gasteiger partial charge in [0, 0.05) is 18.3 Å². The predicted octanol–water partition coefficient (Wildman–Crippen LogP) is 0.482. The van der Waals surface area contributed by atoms with Crippen molar-refractivity contribution in [3.63, 3.8) is 0 Å². The molecule has 2 aromatic carbocycles. The largest absolute Gasteiger partial charge is 0.497 e. The third kappa shape index (κ3) is 7.00. The van der Waals surface area contributed by atoms with Crippen LogP contribution in [0.1, 0.15) is 5.56 Å². The first-order valence-corrected chi connectivity index (χ1v) is 9.18. The van der Waals surface area contributed by atoms with Crippen LogP contribution in [0.25, 0.3) is 0 Å². The highest BCUT2D eigenvalue weighted by molar-refractivity contribution is 5.91. The van der Waals surface area contributed by atoms with Crippen LogP contribution < -0.4 is 29.7 Å². The van der Waals surface area contributed by atoms with E-state index >= 15 is 0 Å². The molecule has 29 heavy (non-hydrogen) atoms. The molecule has 0 saturated carbocycles. The summed E-state index contributed by atoms with van der Waals surface area (Å²) in [7, 11) is 6.50.